The second kappa shape index (κ2) is 2.91. The van der Waals surface area contributed by atoms with E-state index in [4.69, 9.17) is 34.8 Å². The molecule has 4 heteroatoms. The van der Waals surface area contributed by atoms with Crippen LogP contribution >= 0.6 is 34.8 Å². The van der Waals surface area contributed by atoms with Crippen molar-refractivity contribution in [2.24, 2.45) is 0 Å². The Morgan fingerprint density at radius 1 is 1.44 bits per heavy atom. The first kappa shape index (κ1) is 9.28. The predicted octanol–water partition coefficient (Wildman–Crippen LogP) is 2.50. The number of hydrogen-bond donors (Lipinski definition) is 0. The molecule has 0 atom stereocenters. The van der Waals surface area contributed by atoms with Crippen LogP contribution in [0.15, 0.2) is 12.2 Å². The molecule has 0 bridgehead atoms. The van der Waals surface area contributed by atoms with Gasteiger partial charge in [-0.3, -0.25) is 4.79 Å². The molecule has 0 aromatic carbocycles. The molecule has 1 nitrogen and oxygen atoms in total. The average Bonchev–Trinajstić information content (AvgIpc) is 1.62. The standard InChI is InChI=1S/C5H5Cl3O/c1-3(4(2)9)5(6,7)8/h1H2,2H3. The fourth-order valence-corrected chi connectivity index (χ4v) is 0.599. The zero-order valence-corrected chi connectivity index (χ0v) is 7.02. The smallest absolute Gasteiger partial charge is 0.218 e. The minimum atomic E-state index is -1.65. The second-order valence-electron chi connectivity index (χ2n) is 1.53. The van der Waals surface area contributed by atoms with Gasteiger partial charge in [-0.2, -0.15) is 0 Å². The van der Waals surface area contributed by atoms with Gasteiger partial charge in [-0.15, -0.1) is 0 Å². The summed E-state index contributed by atoms with van der Waals surface area (Å²) in [5, 5.41) is 0. The van der Waals surface area contributed by atoms with Crippen molar-refractivity contribution in [1.29, 1.82) is 0 Å². The number of ketones is 1. The zero-order chi connectivity index (χ0) is 7.65. The molecule has 0 aliphatic heterocycles. The van der Waals surface area contributed by atoms with Gasteiger partial charge in [-0.25, -0.2) is 0 Å². The van der Waals surface area contributed by atoms with Gasteiger partial charge >= 0.3 is 0 Å². The number of alkyl halides is 3. The minimum Gasteiger partial charge on any atom is -0.295 e. The summed E-state index contributed by atoms with van der Waals surface area (Å²) in [4.78, 5) is 10.4. The molecule has 9 heavy (non-hydrogen) atoms. The highest BCUT2D eigenvalue weighted by atomic mass is 35.6. The molecule has 0 radical (unpaired) electrons. The van der Waals surface area contributed by atoms with Gasteiger partial charge in [0, 0.05) is 5.57 Å². The molecular weight excluding hydrogens is 182 g/mol. The molecule has 0 heterocycles. The van der Waals surface area contributed by atoms with E-state index in [9.17, 15) is 4.79 Å². The van der Waals surface area contributed by atoms with Crippen molar-refractivity contribution in [2.45, 2.75) is 10.7 Å². The summed E-state index contributed by atoms with van der Waals surface area (Å²) in [7, 11) is 0. The molecule has 0 aliphatic rings. The Balaban J connectivity index is 4.23. The van der Waals surface area contributed by atoms with Crippen LogP contribution in [0.25, 0.3) is 0 Å². The van der Waals surface area contributed by atoms with Crippen LogP contribution in [0.5, 0.6) is 0 Å². The maximum Gasteiger partial charge on any atom is 0.218 e. The fraction of sp³-hybridized carbons (Fsp3) is 0.400. The van der Waals surface area contributed by atoms with Crippen molar-refractivity contribution >= 4 is 40.6 Å². The van der Waals surface area contributed by atoms with Gasteiger partial charge in [0.05, 0.1) is 0 Å². The first-order valence-corrected chi connectivity index (χ1v) is 3.26. The van der Waals surface area contributed by atoms with Gasteiger partial charge < -0.3 is 0 Å². The Kier molecular flexibility index (Phi) is 3.00. The molecule has 0 aromatic rings. The van der Waals surface area contributed by atoms with Crippen molar-refractivity contribution in [2.75, 3.05) is 0 Å². The molecule has 0 N–H and O–H groups in total. The molecule has 0 unspecified atom stereocenters. The van der Waals surface area contributed by atoms with E-state index in [-0.39, 0.29) is 11.4 Å². The summed E-state index contributed by atoms with van der Waals surface area (Å²) in [6, 6.07) is 0. The summed E-state index contributed by atoms with van der Waals surface area (Å²) < 4.78 is -1.65. The molecule has 0 saturated heterocycles. The Hall–Kier alpha value is 0.280. The Labute approximate surface area is 68.6 Å². The average molecular weight is 187 g/mol. The van der Waals surface area contributed by atoms with Crippen LogP contribution in [-0.4, -0.2) is 9.58 Å². The molecule has 0 aromatic heterocycles. The number of allylic oxidation sites excluding steroid dienone is 1. The van der Waals surface area contributed by atoms with Crippen LogP contribution in [0.4, 0.5) is 0 Å². The van der Waals surface area contributed by atoms with E-state index in [1.807, 2.05) is 0 Å². The lowest BCUT2D eigenvalue weighted by Gasteiger charge is -2.09. The van der Waals surface area contributed by atoms with Gasteiger partial charge in [0.2, 0.25) is 3.79 Å². The topological polar surface area (TPSA) is 17.1 Å². The van der Waals surface area contributed by atoms with E-state index in [0.29, 0.717) is 0 Å². The summed E-state index contributed by atoms with van der Waals surface area (Å²) in [5.41, 5.74) is -0.00694. The van der Waals surface area contributed by atoms with Crippen molar-refractivity contribution in [3.8, 4) is 0 Å². The highest BCUT2D eigenvalue weighted by molar-refractivity contribution is 6.70. The second-order valence-corrected chi connectivity index (χ2v) is 3.81. The van der Waals surface area contributed by atoms with Gasteiger partial charge in [0.15, 0.2) is 5.78 Å². The van der Waals surface area contributed by atoms with Crippen molar-refractivity contribution in [1.82, 2.24) is 0 Å². The van der Waals surface area contributed by atoms with E-state index < -0.39 is 3.79 Å². The maximum absolute atomic E-state index is 10.4. The minimum absolute atomic E-state index is 0.00694. The molecule has 0 rings (SSSR count). The third-order valence-corrected chi connectivity index (χ3v) is 1.45. The Morgan fingerprint density at radius 3 is 1.78 bits per heavy atom. The van der Waals surface area contributed by atoms with Crippen LogP contribution in [0.2, 0.25) is 0 Å². The normalized spacial score (nSPS) is 11.1. The van der Waals surface area contributed by atoms with Crippen LogP contribution in [-0.2, 0) is 4.79 Å². The quantitative estimate of drug-likeness (QED) is 0.455. The number of carbonyl (C=O) groups excluding carboxylic acids is 1. The lowest BCUT2D eigenvalue weighted by atomic mass is 10.2. The zero-order valence-electron chi connectivity index (χ0n) is 4.75. The van der Waals surface area contributed by atoms with E-state index in [0.717, 1.165) is 0 Å². The van der Waals surface area contributed by atoms with E-state index in [1.165, 1.54) is 6.92 Å². The summed E-state index contributed by atoms with van der Waals surface area (Å²) in [6.07, 6.45) is 0. The fourth-order valence-electron chi connectivity index (χ4n) is 0.200. The monoisotopic (exact) mass is 186 g/mol. The first-order valence-electron chi connectivity index (χ1n) is 2.12. The molecule has 0 amide bonds. The highest BCUT2D eigenvalue weighted by Crippen LogP contribution is 2.33. The van der Waals surface area contributed by atoms with Gasteiger partial charge in [-0.05, 0) is 6.92 Å². The van der Waals surface area contributed by atoms with E-state index in [1.54, 1.807) is 0 Å². The predicted molar refractivity (Wildman–Crippen MR) is 40.1 cm³/mol. The van der Waals surface area contributed by atoms with Gasteiger partial charge in [0.1, 0.15) is 0 Å². The molecule has 0 spiro atoms. The maximum atomic E-state index is 10.4. The summed E-state index contributed by atoms with van der Waals surface area (Å²) in [6.45, 7) is 4.58. The third-order valence-electron chi connectivity index (χ3n) is 0.767. The van der Waals surface area contributed by atoms with Crippen LogP contribution in [0.3, 0.4) is 0 Å². The van der Waals surface area contributed by atoms with Gasteiger partial charge in [0.25, 0.3) is 0 Å². The molecule has 0 aliphatic carbocycles. The summed E-state index contributed by atoms with van der Waals surface area (Å²) in [5.74, 6) is -0.310. The number of Topliss-reactive ketones (excluding diaryl/α,β-unsaturated/α-hetero) is 1. The van der Waals surface area contributed by atoms with Crippen LogP contribution in [0.1, 0.15) is 6.92 Å². The van der Waals surface area contributed by atoms with E-state index in [2.05, 4.69) is 6.58 Å². The third kappa shape index (κ3) is 3.09. The van der Waals surface area contributed by atoms with Crippen LogP contribution < -0.4 is 0 Å². The molecule has 52 valence electrons. The largest absolute Gasteiger partial charge is 0.295 e. The Bertz CT molecular complexity index is 145. The van der Waals surface area contributed by atoms with Gasteiger partial charge in [-0.1, -0.05) is 41.4 Å². The van der Waals surface area contributed by atoms with Crippen molar-refractivity contribution < 1.29 is 4.79 Å². The molecule has 0 fully saturated rings. The number of carbonyl (C=O) groups is 1. The molecule has 0 saturated carbocycles. The van der Waals surface area contributed by atoms with Crippen LogP contribution in [0, 0.1) is 0 Å². The summed E-state index contributed by atoms with van der Waals surface area (Å²) >= 11 is 15.9. The highest BCUT2D eigenvalue weighted by Gasteiger charge is 2.26. The lowest BCUT2D eigenvalue weighted by Crippen LogP contribution is -2.12. The van der Waals surface area contributed by atoms with E-state index >= 15 is 0 Å². The van der Waals surface area contributed by atoms with Crippen molar-refractivity contribution in [3.05, 3.63) is 12.2 Å². The lowest BCUT2D eigenvalue weighted by molar-refractivity contribution is -0.113. The Morgan fingerprint density at radius 2 is 1.78 bits per heavy atom. The number of halogens is 3. The molecular formula is C5H5Cl3O. The first-order chi connectivity index (χ1) is 3.85. The number of rotatable bonds is 1. The SMILES string of the molecule is C=C(C(C)=O)C(Cl)(Cl)Cl. The van der Waals surface area contributed by atoms with Crippen molar-refractivity contribution in [3.63, 3.8) is 0 Å². The number of hydrogen-bond acceptors (Lipinski definition) is 1.